The van der Waals surface area contributed by atoms with Crippen molar-refractivity contribution in [2.24, 2.45) is 10.9 Å². The van der Waals surface area contributed by atoms with Crippen molar-refractivity contribution in [3.63, 3.8) is 0 Å². The molecule has 118 valence electrons. The number of rotatable bonds is 9. The van der Waals surface area contributed by atoms with Crippen LogP contribution in [0.3, 0.4) is 0 Å². The van der Waals surface area contributed by atoms with E-state index in [4.69, 9.17) is 0 Å². The van der Waals surface area contributed by atoms with Gasteiger partial charge in [0.1, 0.15) is 0 Å². The van der Waals surface area contributed by atoms with Crippen LogP contribution in [0, 0.1) is 5.92 Å². The van der Waals surface area contributed by atoms with Crippen LogP contribution in [0.25, 0.3) is 0 Å². The second kappa shape index (κ2) is 9.82. The summed E-state index contributed by atoms with van der Waals surface area (Å²) in [5.74, 6) is 1.96. The summed E-state index contributed by atoms with van der Waals surface area (Å²) in [6.07, 6.45) is 8.16. The second-order valence-electron chi connectivity index (χ2n) is 5.95. The third kappa shape index (κ3) is 7.11. The molecule has 0 radical (unpaired) electrons. The van der Waals surface area contributed by atoms with Gasteiger partial charge in [0, 0.05) is 39.3 Å². The van der Waals surface area contributed by atoms with Crippen LogP contribution in [-0.2, 0) is 0 Å². The fraction of sp³-hybridized carbons (Fsp3) is 0.933. The number of nitrogens with one attached hydrogen (secondary N) is 2. The molecule has 0 aromatic heterocycles. The average Bonchev–Trinajstić information content (AvgIpc) is 3.28. The van der Waals surface area contributed by atoms with Gasteiger partial charge >= 0.3 is 0 Å². The van der Waals surface area contributed by atoms with Crippen molar-refractivity contribution >= 4 is 29.9 Å². The Balaban J connectivity index is 0.00000200. The summed E-state index contributed by atoms with van der Waals surface area (Å²) in [6, 6.07) is 0.887. The Morgan fingerprint density at radius 3 is 2.40 bits per heavy atom. The van der Waals surface area contributed by atoms with Gasteiger partial charge in [0.15, 0.2) is 5.96 Å². The molecule has 4 nitrogen and oxygen atoms in total. The van der Waals surface area contributed by atoms with Crippen LogP contribution < -0.4 is 10.6 Å². The normalized spacial score (nSPS) is 18.9. The molecule has 0 spiro atoms. The standard InChI is InChI=1S/C15H30N4.HI/c1-3-4-9-17-15(16-2)18-10-11-19(14-7-8-14)12-13-5-6-13;/h13-14H,3-12H2,1-2H3,(H2,16,17,18);1H. The Kier molecular flexibility index (Phi) is 8.84. The van der Waals surface area contributed by atoms with E-state index in [-0.39, 0.29) is 24.0 Å². The lowest BCUT2D eigenvalue weighted by Crippen LogP contribution is -2.42. The maximum atomic E-state index is 4.27. The molecule has 2 aliphatic rings. The van der Waals surface area contributed by atoms with E-state index in [0.29, 0.717) is 0 Å². The van der Waals surface area contributed by atoms with Crippen LogP contribution in [0.2, 0.25) is 0 Å². The first-order valence-electron chi connectivity index (χ1n) is 8.02. The zero-order valence-corrected chi connectivity index (χ0v) is 15.4. The van der Waals surface area contributed by atoms with Crippen molar-refractivity contribution in [2.45, 2.75) is 51.5 Å². The molecular weight excluding hydrogens is 363 g/mol. The first-order valence-corrected chi connectivity index (χ1v) is 8.02. The molecule has 0 aliphatic heterocycles. The number of hydrogen-bond acceptors (Lipinski definition) is 2. The summed E-state index contributed by atoms with van der Waals surface area (Å²) in [4.78, 5) is 6.95. The van der Waals surface area contributed by atoms with E-state index in [0.717, 1.165) is 37.6 Å². The quantitative estimate of drug-likeness (QED) is 0.273. The molecule has 0 unspecified atom stereocenters. The van der Waals surface area contributed by atoms with Gasteiger partial charge in [-0.25, -0.2) is 0 Å². The lowest BCUT2D eigenvalue weighted by atomic mass is 10.3. The van der Waals surface area contributed by atoms with E-state index in [1.54, 1.807) is 0 Å². The zero-order valence-electron chi connectivity index (χ0n) is 13.0. The molecule has 20 heavy (non-hydrogen) atoms. The monoisotopic (exact) mass is 394 g/mol. The lowest BCUT2D eigenvalue weighted by molar-refractivity contribution is 0.256. The maximum absolute atomic E-state index is 4.27. The summed E-state index contributed by atoms with van der Waals surface area (Å²) in [7, 11) is 1.85. The highest BCUT2D eigenvalue weighted by Gasteiger charge is 2.33. The zero-order chi connectivity index (χ0) is 13.5. The van der Waals surface area contributed by atoms with Gasteiger partial charge in [-0.1, -0.05) is 13.3 Å². The predicted octanol–water partition coefficient (Wildman–Crippen LogP) is 2.44. The molecule has 0 atom stereocenters. The van der Waals surface area contributed by atoms with Crippen molar-refractivity contribution in [1.29, 1.82) is 0 Å². The molecule has 2 aliphatic carbocycles. The minimum atomic E-state index is 0. The van der Waals surface area contributed by atoms with E-state index in [9.17, 15) is 0 Å². The number of aliphatic imine (C=N–C) groups is 1. The molecule has 2 N–H and O–H groups in total. The molecule has 2 fully saturated rings. The Bertz CT molecular complexity index is 288. The number of hydrogen-bond donors (Lipinski definition) is 2. The number of unbranched alkanes of at least 4 members (excludes halogenated alkanes) is 1. The first-order chi connectivity index (χ1) is 9.33. The van der Waals surface area contributed by atoms with Gasteiger partial charge in [0.2, 0.25) is 0 Å². The summed E-state index contributed by atoms with van der Waals surface area (Å²) >= 11 is 0. The molecule has 2 rings (SSSR count). The van der Waals surface area contributed by atoms with Crippen LogP contribution in [0.1, 0.15) is 45.4 Å². The van der Waals surface area contributed by atoms with Gasteiger partial charge in [0.05, 0.1) is 0 Å². The highest BCUT2D eigenvalue weighted by atomic mass is 127. The van der Waals surface area contributed by atoms with E-state index in [1.165, 1.54) is 45.1 Å². The van der Waals surface area contributed by atoms with Crippen LogP contribution in [0.4, 0.5) is 0 Å². The SMILES string of the molecule is CCCCNC(=NC)NCCN(CC1CC1)C1CC1.I. The van der Waals surface area contributed by atoms with Crippen molar-refractivity contribution in [3.8, 4) is 0 Å². The third-order valence-corrected chi connectivity index (χ3v) is 3.99. The van der Waals surface area contributed by atoms with Gasteiger partial charge in [-0.3, -0.25) is 9.89 Å². The molecule has 0 saturated heterocycles. The van der Waals surface area contributed by atoms with Gasteiger partial charge < -0.3 is 10.6 Å². The van der Waals surface area contributed by atoms with Gasteiger partial charge in [-0.2, -0.15) is 0 Å². The topological polar surface area (TPSA) is 39.7 Å². The van der Waals surface area contributed by atoms with Gasteiger partial charge in [-0.05, 0) is 38.0 Å². The highest BCUT2D eigenvalue weighted by Crippen LogP contribution is 2.34. The van der Waals surface area contributed by atoms with Crippen LogP contribution in [0.15, 0.2) is 4.99 Å². The molecule has 0 bridgehead atoms. The fourth-order valence-electron chi connectivity index (χ4n) is 2.42. The Morgan fingerprint density at radius 2 is 1.85 bits per heavy atom. The van der Waals surface area contributed by atoms with Crippen LogP contribution in [-0.4, -0.2) is 50.1 Å². The molecule has 2 saturated carbocycles. The van der Waals surface area contributed by atoms with Crippen molar-refractivity contribution < 1.29 is 0 Å². The summed E-state index contributed by atoms with van der Waals surface area (Å²) in [5, 5.41) is 6.79. The summed E-state index contributed by atoms with van der Waals surface area (Å²) in [6.45, 7) is 6.73. The average molecular weight is 394 g/mol. The predicted molar refractivity (Wildman–Crippen MR) is 97.0 cm³/mol. The van der Waals surface area contributed by atoms with Crippen molar-refractivity contribution in [2.75, 3.05) is 33.2 Å². The summed E-state index contributed by atoms with van der Waals surface area (Å²) < 4.78 is 0. The Morgan fingerprint density at radius 1 is 1.15 bits per heavy atom. The number of nitrogens with zero attached hydrogens (tertiary/aromatic N) is 2. The van der Waals surface area contributed by atoms with Gasteiger partial charge in [-0.15, -0.1) is 24.0 Å². The summed E-state index contributed by atoms with van der Waals surface area (Å²) in [5.41, 5.74) is 0. The molecule has 0 amide bonds. The first kappa shape index (κ1) is 18.0. The minimum Gasteiger partial charge on any atom is -0.356 e. The highest BCUT2D eigenvalue weighted by molar-refractivity contribution is 14.0. The molecule has 5 heteroatoms. The van der Waals surface area contributed by atoms with E-state index in [1.807, 2.05) is 7.05 Å². The number of halogens is 1. The maximum Gasteiger partial charge on any atom is 0.191 e. The Labute approximate surface area is 141 Å². The molecule has 0 aromatic carbocycles. The number of guanidine groups is 1. The van der Waals surface area contributed by atoms with Crippen LogP contribution >= 0.6 is 24.0 Å². The third-order valence-electron chi connectivity index (χ3n) is 3.99. The second-order valence-corrected chi connectivity index (χ2v) is 5.95. The largest absolute Gasteiger partial charge is 0.356 e. The smallest absolute Gasteiger partial charge is 0.191 e. The van der Waals surface area contributed by atoms with E-state index < -0.39 is 0 Å². The fourth-order valence-corrected chi connectivity index (χ4v) is 2.42. The minimum absolute atomic E-state index is 0. The molecule has 0 aromatic rings. The van der Waals surface area contributed by atoms with Gasteiger partial charge in [0.25, 0.3) is 0 Å². The van der Waals surface area contributed by atoms with Crippen LogP contribution in [0.5, 0.6) is 0 Å². The molecule has 0 heterocycles. The lowest BCUT2D eigenvalue weighted by Gasteiger charge is -2.22. The van der Waals surface area contributed by atoms with Crippen molar-refractivity contribution in [3.05, 3.63) is 0 Å². The molecular formula is C15H31IN4. The van der Waals surface area contributed by atoms with E-state index >= 15 is 0 Å². The Hall–Kier alpha value is -0.0400. The van der Waals surface area contributed by atoms with Crippen molar-refractivity contribution in [1.82, 2.24) is 15.5 Å². The van der Waals surface area contributed by atoms with E-state index in [2.05, 4.69) is 27.4 Å².